The molecule has 1 aromatic rings. The molecule has 0 N–H and O–H groups in total. The van der Waals surface area contributed by atoms with Gasteiger partial charge >= 0.3 is 0 Å². The van der Waals surface area contributed by atoms with E-state index in [0.717, 1.165) is 11.8 Å². The molecular weight excluding hydrogens is 192 g/mol. The summed E-state index contributed by atoms with van der Waals surface area (Å²) in [6.45, 7) is 7.21. The average Bonchev–Trinajstić information content (AvgIpc) is 2.29. The van der Waals surface area contributed by atoms with Crippen molar-refractivity contribution in [2.24, 2.45) is 11.3 Å². The standard InChI is InChI=1S/C16H24/c1-16(2,3)15-12-8-7-11-14(15)13-9-5-4-6-10-13/h4-6,9-10,14-15H,7-8,11-12H2,1-3H3/t14?,15-/m1/s1. The summed E-state index contributed by atoms with van der Waals surface area (Å²) >= 11 is 0. The van der Waals surface area contributed by atoms with Crippen LogP contribution in [0.2, 0.25) is 0 Å². The molecule has 88 valence electrons. The van der Waals surface area contributed by atoms with Gasteiger partial charge in [0, 0.05) is 0 Å². The first-order valence-electron chi connectivity index (χ1n) is 6.64. The van der Waals surface area contributed by atoms with Crippen LogP contribution in [0.4, 0.5) is 0 Å². The molecule has 0 radical (unpaired) electrons. The first kappa shape index (κ1) is 11.7. The third-order valence-corrected chi connectivity index (χ3v) is 4.11. The molecule has 0 bridgehead atoms. The van der Waals surface area contributed by atoms with Crippen LogP contribution in [0.3, 0.4) is 0 Å². The number of hydrogen-bond donors (Lipinski definition) is 0. The number of benzene rings is 1. The van der Waals surface area contributed by atoms with E-state index >= 15 is 0 Å². The van der Waals surface area contributed by atoms with Crippen molar-refractivity contribution in [3.63, 3.8) is 0 Å². The molecule has 0 heteroatoms. The first-order chi connectivity index (χ1) is 7.59. The van der Waals surface area contributed by atoms with Crippen molar-refractivity contribution in [3.05, 3.63) is 35.9 Å². The Bertz CT molecular complexity index is 318. The number of rotatable bonds is 1. The van der Waals surface area contributed by atoms with E-state index in [1.54, 1.807) is 5.56 Å². The molecule has 0 aliphatic heterocycles. The summed E-state index contributed by atoms with van der Waals surface area (Å²) in [6, 6.07) is 11.1. The first-order valence-corrected chi connectivity index (χ1v) is 6.64. The summed E-state index contributed by atoms with van der Waals surface area (Å²) < 4.78 is 0. The van der Waals surface area contributed by atoms with E-state index in [0.29, 0.717) is 5.41 Å². The molecule has 0 saturated heterocycles. The summed E-state index contributed by atoms with van der Waals surface area (Å²) in [6.07, 6.45) is 5.62. The van der Waals surface area contributed by atoms with Crippen molar-refractivity contribution < 1.29 is 0 Å². The smallest absolute Gasteiger partial charge is 0.0129 e. The normalized spacial score (nSPS) is 26.7. The van der Waals surface area contributed by atoms with Crippen LogP contribution in [0.25, 0.3) is 0 Å². The van der Waals surface area contributed by atoms with Crippen molar-refractivity contribution in [3.8, 4) is 0 Å². The highest BCUT2D eigenvalue weighted by molar-refractivity contribution is 5.21. The summed E-state index contributed by atoms with van der Waals surface area (Å²) in [5.74, 6) is 1.64. The maximum atomic E-state index is 2.40. The minimum atomic E-state index is 0.445. The van der Waals surface area contributed by atoms with E-state index < -0.39 is 0 Å². The molecule has 0 heterocycles. The average molecular weight is 216 g/mol. The van der Waals surface area contributed by atoms with E-state index in [2.05, 4.69) is 51.1 Å². The Kier molecular flexibility index (Phi) is 3.37. The van der Waals surface area contributed by atoms with Gasteiger partial charge in [-0.25, -0.2) is 0 Å². The predicted molar refractivity (Wildman–Crippen MR) is 70.6 cm³/mol. The van der Waals surface area contributed by atoms with Gasteiger partial charge < -0.3 is 0 Å². The Labute approximate surface area is 100 Å². The van der Waals surface area contributed by atoms with Gasteiger partial charge in [-0.1, -0.05) is 63.9 Å². The van der Waals surface area contributed by atoms with E-state index in [9.17, 15) is 0 Å². The van der Waals surface area contributed by atoms with Crippen molar-refractivity contribution in [1.82, 2.24) is 0 Å². The Morgan fingerprint density at radius 3 is 2.19 bits per heavy atom. The molecule has 1 fully saturated rings. The van der Waals surface area contributed by atoms with Crippen LogP contribution in [0, 0.1) is 11.3 Å². The number of hydrogen-bond acceptors (Lipinski definition) is 0. The summed E-state index contributed by atoms with van der Waals surface area (Å²) in [7, 11) is 0. The molecule has 0 nitrogen and oxygen atoms in total. The van der Waals surface area contributed by atoms with Crippen LogP contribution in [-0.2, 0) is 0 Å². The molecule has 0 spiro atoms. The van der Waals surface area contributed by atoms with Crippen molar-refractivity contribution in [2.45, 2.75) is 52.4 Å². The fraction of sp³-hybridized carbons (Fsp3) is 0.625. The van der Waals surface area contributed by atoms with Gasteiger partial charge in [-0.05, 0) is 35.7 Å². The zero-order valence-corrected chi connectivity index (χ0v) is 10.9. The van der Waals surface area contributed by atoms with Crippen molar-refractivity contribution in [1.29, 1.82) is 0 Å². The summed E-state index contributed by atoms with van der Waals surface area (Å²) in [4.78, 5) is 0. The highest BCUT2D eigenvalue weighted by atomic mass is 14.4. The third kappa shape index (κ3) is 2.48. The van der Waals surface area contributed by atoms with Crippen molar-refractivity contribution in [2.75, 3.05) is 0 Å². The van der Waals surface area contributed by atoms with Gasteiger partial charge in [-0.15, -0.1) is 0 Å². The lowest BCUT2D eigenvalue weighted by Crippen LogP contribution is -2.29. The molecule has 1 saturated carbocycles. The minimum Gasteiger partial charge on any atom is -0.0622 e. The van der Waals surface area contributed by atoms with Gasteiger partial charge in [0.2, 0.25) is 0 Å². The Balaban J connectivity index is 2.24. The Morgan fingerprint density at radius 2 is 1.56 bits per heavy atom. The highest BCUT2D eigenvalue weighted by Gasteiger charge is 2.34. The predicted octanol–water partition coefficient (Wildman–Crippen LogP) is 5.01. The van der Waals surface area contributed by atoms with E-state index in [4.69, 9.17) is 0 Å². The minimum absolute atomic E-state index is 0.445. The molecular formula is C16H24. The summed E-state index contributed by atoms with van der Waals surface area (Å²) in [5.41, 5.74) is 2.00. The van der Waals surface area contributed by atoms with Gasteiger partial charge in [0.1, 0.15) is 0 Å². The van der Waals surface area contributed by atoms with Crippen LogP contribution in [0.15, 0.2) is 30.3 Å². The molecule has 1 aliphatic rings. The second kappa shape index (κ2) is 4.61. The fourth-order valence-electron chi connectivity index (χ4n) is 3.27. The lowest BCUT2D eigenvalue weighted by Gasteiger charge is -2.40. The molecule has 0 aromatic heterocycles. The maximum Gasteiger partial charge on any atom is -0.0129 e. The Morgan fingerprint density at radius 1 is 0.938 bits per heavy atom. The van der Waals surface area contributed by atoms with Gasteiger partial charge in [0.15, 0.2) is 0 Å². The molecule has 2 rings (SSSR count). The SMILES string of the molecule is CC(C)(C)[C@@H]1CCCCC1c1ccccc1. The molecule has 16 heavy (non-hydrogen) atoms. The molecule has 0 amide bonds. The van der Waals surface area contributed by atoms with Gasteiger partial charge in [0.05, 0.1) is 0 Å². The molecule has 1 aromatic carbocycles. The van der Waals surface area contributed by atoms with E-state index in [-0.39, 0.29) is 0 Å². The largest absolute Gasteiger partial charge is 0.0622 e. The lowest BCUT2D eigenvalue weighted by molar-refractivity contribution is 0.151. The van der Waals surface area contributed by atoms with Crippen LogP contribution in [-0.4, -0.2) is 0 Å². The zero-order chi connectivity index (χ0) is 11.6. The second-order valence-corrected chi connectivity index (χ2v) is 6.27. The molecule has 1 aliphatic carbocycles. The summed E-state index contributed by atoms with van der Waals surface area (Å²) in [5, 5.41) is 0. The quantitative estimate of drug-likeness (QED) is 0.619. The van der Waals surface area contributed by atoms with Crippen LogP contribution >= 0.6 is 0 Å². The molecule has 2 atom stereocenters. The van der Waals surface area contributed by atoms with Gasteiger partial charge in [0.25, 0.3) is 0 Å². The van der Waals surface area contributed by atoms with E-state index in [1.807, 2.05) is 0 Å². The molecule has 1 unspecified atom stereocenters. The third-order valence-electron chi connectivity index (χ3n) is 4.11. The topological polar surface area (TPSA) is 0 Å². The van der Waals surface area contributed by atoms with Crippen LogP contribution in [0.1, 0.15) is 57.9 Å². The monoisotopic (exact) mass is 216 g/mol. The maximum absolute atomic E-state index is 2.40. The lowest BCUT2D eigenvalue weighted by atomic mass is 9.64. The van der Waals surface area contributed by atoms with Gasteiger partial charge in [-0.3, -0.25) is 0 Å². The van der Waals surface area contributed by atoms with Crippen LogP contribution < -0.4 is 0 Å². The van der Waals surface area contributed by atoms with Crippen molar-refractivity contribution >= 4 is 0 Å². The van der Waals surface area contributed by atoms with E-state index in [1.165, 1.54) is 25.7 Å². The highest BCUT2D eigenvalue weighted by Crippen LogP contribution is 2.46. The second-order valence-electron chi connectivity index (χ2n) is 6.27. The zero-order valence-electron chi connectivity index (χ0n) is 10.9. The van der Waals surface area contributed by atoms with Crippen LogP contribution in [0.5, 0.6) is 0 Å². The fourth-order valence-corrected chi connectivity index (χ4v) is 3.27. The van der Waals surface area contributed by atoms with Gasteiger partial charge in [-0.2, -0.15) is 0 Å². The Hall–Kier alpha value is -0.780.